The summed E-state index contributed by atoms with van der Waals surface area (Å²) < 4.78 is 27.4. The van der Waals surface area contributed by atoms with Crippen molar-refractivity contribution in [1.29, 1.82) is 0 Å². The smallest absolute Gasteiger partial charge is 0.211 e. The molecule has 1 aliphatic rings. The van der Waals surface area contributed by atoms with Crippen molar-refractivity contribution in [3.63, 3.8) is 0 Å². The normalized spacial score (nSPS) is 16.0. The van der Waals surface area contributed by atoms with Crippen LogP contribution in [0.5, 0.6) is 0 Å². The fourth-order valence-electron chi connectivity index (χ4n) is 4.40. The number of fused-ring (bicyclic) bond motifs is 2. The maximum Gasteiger partial charge on any atom is 0.211 e. The first kappa shape index (κ1) is 23.2. The number of aryl methyl sites for hydroxylation is 1. The molecule has 178 valence electrons. The third kappa shape index (κ3) is 4.40. The Bertz CT molecular complexity index is 1490. The quantitative estimate of drug-likeness (QED) is 0.396. The van der Waals surface area contributed by atoms with E-state index >= 15 is 0 Å². The van der Waals surface area contributed by atoms with E-state index in [1.54, 1.807) is 10.7 Å². The van der Waals surface area contributed by atoms with Gasteiger partial charge in [-0.1, -0.05) is 11.6 Å². The largest absolute Gasteiger partial charge is 0.383 e. The molecule has 1 fully saturated rings. The van der Waals surface area contributed by atoms with Crippen molar-refractivity contribution in [2.24, 2.45) is 0 Å². The van der Waals surface area contributed by atoms with Crippen LogP contribution in [0.1, 0.15) is 24.1 Å². The number of nitrogen functional groups attached to an aromatic ring is 1. The molecule has 11 heteroatoms. The molecule has 4 aromatic rings. The van der Waals surface area contributed by atoms with Gasteiger partial charge in [0.2, 0.25) is 10.0 Å². The number of sulfonamides is 1. The minimum Gasteiger partial charge on any atom is -0.383 e. The second kappa shape index (κ2) is 8.88. The van der Waals surface area contributed by atoms with Crippen LogP contribution >= 0.6 is 15.9 Å². The number of rotatable bonds is 5. The monoisotopic (exact) mass is 543 g/mol. The number of piperidine rings is 1. The lowest BCUT2D eigenvalue weighted by molar-refractivity contribution is 0.289. The molecule has 0 saturated carbocycles. The molecule has 4 heterocycles. The number of aromatic nitrogens is 4. The van der Waals surface area contributed by atoms with Gasteiger partial charge in [-0.15, -0.1) is 0 Å². The molecule has 0 bridgehead atoms. The molecule has 3 N–H and O–H groups in total. The molecule has 0 atom stereocenters. The van der Waals surface area contributed by atoms with Gasteiger partial charge in [0.1, 0.15) is 5.82 Å². The number of halogens is 1. The van der Waals surface area contributed by atoms with Crippen molar-refractivity contribution in [2.75, 3.05) is 25.1 Å². The summed E-state index contributed by atoms with van der Waals surface area (Å²) in [4.78, 5) is 9.49. The lowest BCUT2D eigenvalue weighted by atomic mass is 10.1. The Morgan fingerprint density at radius 3 is 2.71 bits per heavy atom. The highest BCUT2D eigenvalue weighted by Gasteiger charge is 2.25. The van der Waals surface area contributed by atoms with Crippen LogP contribution in [0.25, 0.3) is 27.7 Å². The van der Waals surface area contributed by atoms with Gasteiger partial charge in [-0.3, -0.25) is 4.98 Å². The van der Waals surface area contributed by atoms with Gasteiger partial charge >= 0.3 is 0 Å². The Labute approximate surface area is 206 Å². The topological polar surface area (TPSA) is 119 Å². The summed E-state index contributed by atoms with van der Waals surface area (Å²) in [5.41, 5.74) is 11.7. The number of anilines is 1. The summed E-state index contributed by atoms with van der Waals surface area (Å²) in [6.45, 7) is 3.61. The molecule has 0 aliphatic carbocycles. The van der Waals surface area contributed by atoms with Crippen LogP contribution in [-0.4, -0.2) is 57.7 Å². The molecule has 34 heavy (non-hydrogen) atoms. The minimum atomic E-state index is -3.14. The van der Waals surface area contributed by atoms with E-state index in [0.29, 0.717) is 35.6 Å². The molecule has 1 aromatic carbocycles. The molecular weight excluding hydrogens is 518 g/mol. The standard InChI is InChI=1S/C23H26BrN7O2S/c1-14-3-4-19-15(9-14)10-16(11-27-19)18-12-28-31-22(25)21(24)20(29-23(18)31)13-26-17-5-7-30(8-6-17)34(2,32)33/h3-4,9-12,17,26H,5-8,13,25H2,1-2H3. The maximum atomic E-state index is 11.8. The summed E-state index contributed by atoms with van der Waals surface area (Å²) in [5, 5.41) is 9.04. The first-order chi connectivity index (χ1) is 16.2. The molecule has 0 amide bonds. The van der Waals surface area contributed by atoms with Gasteiger partial charge < -0.3 is 11.1 Å². The summed E-state index contributed by atoms with van der Waals surface area (Å²) in [6, 6.07) is 8.48. The number of benzene rings is 1. The lowest BCUT2D eigenvalue weighted by Crippen LogP contribution is -2.44. The Balaban J connectivity index is 1.42. The van der Waals surface area contributed by atoms with E-state index in [9.17, 15) is 8.42 Å². The van der Waals surface area contributed by atoms with E-state index in [0.717, 1.165) is 40.6 Å². The molecule has 0 unspecified atom stereocenters. The van der Waals surface area contributed by atoms with Gasteiger partial charge in [0.25, 0.3) is 0 Å². The second-order valence-electron chi connectivity index (χ2n) is 8.79. The number of pyridine rings is 1. The first-order valence-electron chi connectivity index (χ1n) is 11.1. The van der Waals surface area contributed by atoms with Crippen LogP contribution in [0.15, 0.2) is 41.1 Å². The van der Waals surface area contributed by atoms with Crippen LogP contribution in [0.3, 0.4) is 0 Å². The van der Waals surface area contributed by atoms with Gasteiger partial charge in [0.15, 0.2) is 5.65 Å². The SMILES string of the molecule is Cc1ccc2ncc(-c3cnn4c(N)c(Br)c(CNC5CCN(S(C)(=O)=O)CC5)nc34)cc2c1. The molecule has 0 radical (unpaired) electrons. The third-order valence-electron chi connectivity index (χ3n) is 6.32. The highest BCUT2D eigenvalue weighted by Crippen LogP contribution is 2.31. The fraction of sp³-hybridized carbons (Fsp3) is 0.348. The lowest BCUT2D eigenvalue weighted by Gasteiger charge is -2.30. The van der Waals surface area contributed by atoms with Crippen molar-refractivity contribution < 1.29 is 8.42 Å². The van der Waals surface area contributed by atoms with Gasteiger partial charge in [0.05, 0.1) is 28.1 Å². The van der Waals surface area contributed by atoms with Gasteiger partial charge in [-0.25, -0.2) is 17.7 Å². The van der Waals surface area contributed by atoms with Crippen LogP contribution in [0.2, 0.25) is 0 Å². The predicted octanol–water partition coefficient (Wildman–Crippen LogP) is 3.11. The predicted molar refractivity (Wildman–Crippen MR) is 137 cm³/mol. The van der Waals surface area contributed by atoms with Crippen LogP contribution in [0.4, 0.5) is 5.82 Å². The molecule has 9 nitrogen and oxygen atoms in total. The summed E-state index contributed by atoms with van der Waals surface area (Å²) in [5.74, 6) is 0.476. The molecule has 1 saturated heterocycles. The number of nitrogens with two attached hydrogens (primary N) is 1. The van der Waals surface area contributed by atoms with Crippen LogP contribution in [0, 0.1) is 6.92 Å². The zero-order chi connectivity index (χ0) is 24.0. The van der Waals surface area contributed by atoms with Crippen LogP contribution < -0.4 is 11.1 Å². The average Bonchev–Trinajstić information content (AvgIpc) is 3.23. The average molecular weight is 544 g/mol. The first-order valence-corrected chi connectivity index (χ1v) is 13.7. The summed E-state index contributed by atoms with van der Waals surface area (Å²) in [7, 11) is -3.14. The number of nitrogens with one attached hydrogen (secondary N) is 1. The Hall–Kier alpha value is -2.60. The van der Waals surface area contributed by atoms with Crippen molar-refractivity contribution in [3.8, 4) is 11.1 Å². The van der Waals surface area contributed by atoms with E-state index in [1.807, 2.05) is 12.3 Å². The van der Waals surface area contributed by atoms with E-state index in [1.165, 1.54) is 16.1 Å². The van der Waals surface area contributed by atoms with Gasteiger partial charge in [0, 0.05) is 48.4 Å². The zero-order valence-corrected chi connectivity index (χ0v) is 21.4. The summed E-state index contributed by atoms with van der Waals surface area (Å²) >= 11 is 3.58. The number of hydrogen-bond acceptors (Lipinski definition) is 7. The molecule has 0 spiro atoms. The van der Waals surface area contributed by atoms with Gasteiger partial charge in [-0.05, 0) is 53.9 Å². The molecular formula is C23H26BrN7O2S. The zero-order valence-electron chi connectivity index (χ0n) is 19.0. The Morgan fingerprint density at radius 2 is 1.97 bits per heavy atom. The fourth-order valence-corrected chi connectivity index (χ4v) is 5.67. The molecule has 1 aliphatic heterocycles. The minimum absolute atomic E-state index is 0.210. The maximum absolute atomic E-state index is 11.8. The van der Waals surface area contributed by atoms with Crippen molar-refractivity contribution in [3.05, 3.63) is 52.4 Å². The molecule has 5 rings (SSSR count). The highest BCUT2D eigenvalue weighted by molar-refractivity contribution is 9.10. The molecule has 3 aromatic heterocycles. The van der Waals surface area contributed by atoms with Crippen LogP contribution in [-0.2, 0) is 16.6 Å². The van der Waals surface area contributed by atoms with Gasteiger partial charge in [-0.2, -0.15) is 9.61 Å². The third-order valence-corrected chi connectivity index (χ3v) is 8.49. The number of nitrogens with zero attached hydrogens (tertiary/aromatic N) is 5. The van der Waals surface area contributed by atoms with E-state index in [4.69, 9.17) is 10.7 Å². The van der Waals surface area contributed by atoms with Crippen molar-refractivity contribution in [1.82, 2.24) is 29.2 Å². The summed E-state index contributed by atoms with van der Waals surface area (Å²) in [6.07, 6.45) is 6.37. The Morgan fingerprint density at radius 1 is 1.21 bits per heavy atom. The van der Waals surface area contributed by atoms with Crippen molar-refractivity contribution >= 4 is 48.3 Å². The van der Waals surface area contributed by atoms with E-state index in [2.05, 4.69) is 56.5 Å². The highest BCUT2D eigenvalue weighted by atomic mass is 79.9. The second-order valence-corrected chi connectivity index (χ2v) is 11.6. The van der Waals surface area contributed by atoms with E-state index in [-0.39, 0.29) is 6.04 Å². The Kier molecular flexibility index (Phi) is 6.05. The number of hydrogen-bond donors (Lipinski definition) is 2. The van der Waals surface area contributed by atoms with E-state index < -0.39 is 10.0 Å². The van der Waals surface area contributed by atoms with Crippen molar-refractivity contribution in [2.45, 2.75) is 32.4 Å².